The van der Waals surface area contributed by atoms with Gasteiger partial charge in [-0.1, -0.05) is 18.2 Å². The smallest absolute Gasteiger partial charge is 0.255 e. The van der Waals surface area contributed by atoms with Crippen molar-refractivity contribution in [3.63, 3.8) is 0 Å². The Kier molecular flexibility index (Phi) is 5.79. The Hall–Kier alpha value is -3.98. The Morgan fingerprint density at radius 2 is 1.62 bits per heavy atom. The van der Waals surface area contributed by atoms with Crippen LogP contribution >= 0.6 is 0 Å². The standard InChI is InChI=1S/C28H30N6O3/c1-31-11-13-33(14-12-31)21-6-3-18(4-7-21)26-23(16-29-32(26)2)19-5-8-22-20(15-19)17-34(28(22)37)24-9-10-25(35)30-27(24)36/h3-8,15-16,24H,9-14,17H2,1-2H3,(H,30,35,36). The minimum Gasteiger partial charge on any atom is -0.369 e. The highest BCUT2D eigenvalue weighted by Gasteiger charge is 2.39. The van der Waals surface area contributed by atoms with E-state index < -0.39 is 11.9 Å². The summed E-state index contributed by atoms with van der Waals surface area (Å²) < 4.78 is 1.88. The number of carbonyl (C=O) groups excluding carboxylic acids is 3. The third-order valence-electron chi connectivity index (χ3n) is 7.78. The normalized spacial score (nSPS) is 20.4. The summed E-state index contributed by atoms with van der Waals surface area (Å²) in [5.74, 6) is -0.845. The summed E-state index contributed by atoms with van der Waals surface area (Å²) in [6, 6.07) is 13.8. The lowest BCUT2D eigenvalue weighted by molar-refractivity contribution is -0.136. The number of hydrogen-bond donors (Lipinski definition) is 1. The summed E-state index contributed by atoms with van der Waals surface area (Å²) in [6.45, 7) is 4.53. The molecule has 9 heteroatoms. The number of fused-ring (bicyclic) bond motifs is 1. The number of benzene rings is 2. The summed E-state index contributed by atoms with van der Waals surface area (Å²) in [6.07, 6.45) is 2.46. The van der Waals surface area contributed by atoms with Gasteiger partial charge in [0, 0.05) is 68.6 Å². The summed E-state index contributed by atoms with van der Waals surface area (Å²) in [4.78, 5) is 43.4. The number of aromatic nitrogens is 2. The first-order chi connectivity index (χ1) is 17.9. The van der Waals surface area contributed by atoms with Crippen molar-refractivity contribution in [3.05, 3.63) is 59.8 Å². The Balaban J connectivity index is 1.26. The first kappa shape index (κ1) is 23.4. The number of piperidine rings is 1. The third-order valence-corrected chi connectivity index (χ3v) is 7.78. The van der Waals surface area contributed by atoms with Gasteiger partial charge in [0.05, 0.1) is 11.9 Å². The van der Waals surface area contributed by atoms with E-state index in [9.17, 15) is 14.4 Å². The average molecular weight is 499 g/mol. The predicted octanol–water partition coefficient (Wildman–Crippen LogP) is 2.27. The highest BCUT2D eigenvalue weighted by molar-refractivity contribution is 6.05. The maximum absolute atomic E-state index is 13.1. The number of aryl methyl sites for hydroxylation is 1. The number of anilines is 1. The van der Waals surface area contributed by atoms with Crippen molar-refractivity contribution in [2.75, 3.05) is 38.1 Å². The molecule has 0 aliphatic carbocycles. The number of carbonyl (C=O) groups is 3. The molecular formula is C28H30N6O3. The minimum atomic E-state index is -0.617. The van der Waals surface area contributed by atoms with Crippen LogP contribution in [0.5, 0.6) is 0 Å². The molecule has 2 fully saturated rings. The molecule has 37 heavy (non-hydrogen) atoms. The number of likely N-dealkylation sites (N-methyl/N-ethyl adjacent to an activating group) is 1. The number of nitrogens with one attached hydrogen (secondary N) is 1. The molecule has 9 nitrogen and oxygen atoms in total. The number of piperazine rings is 1. The van der Waals surface area contributed by atoms with Gasteiger partial charge in [-0.2, -0.15) is 5.10 Å². The van der Waals surface area contributed by atoms with Gasteiger partial charge in [-0.15, -0.1) is 0 Å². The van der Waals surface area contributed by atoms with Crippen molar-refractivity contribution in [1.29, 1.82) is 0 Å². The molecule has 190 valence electrons. The Bertz CT molecular complexity index is 1390. The summed E-state index contributed by atoms with van der Waals surface area (Å²) in [7, 11) is 4.10. The molecule has 3 aromatic rings. The van der Waals surface area contributed by atoms with E-state index in [0.29, 0.717) is 18.5 Å². The molecule has 3 aliphatic heterocycles. The SMILES string of the molecule is CN1CCN(c2ccc(-c3c(-c4ccc5c(c4)CN(C4CCC(=O)NC4=O)C5=O)cnn3C)cc2)CC1. The lowest BCUT2D eigenvalue weighted by atomic mass is 9.98. The molecule has 2 aromatic carbocycles. The van der Waals surface area contributed by atoms with Crippen LogP contribution in [0.1, 0.15) is 28.8 Å². The summed E-state index contributed by atoms with van der Waals surface area (Å²) >= 11 is 0. The van der Waals surface area contributed by atoms with Crippen molar-refractivity contribution in [1.82, 2.24) is 24.9 Å². The third kappa shape index (κ3) is 4.19. The highest BCUT2D eigenvalue weighted by Crippen LogP contribution is 2.36. The van der Waals surface area contributed by atoms with Crippen molar-refractivity contribution in [3.8, 4) is 22.4 Å². The molecule has 1 N–H and O–H groups in total. The second kappa shape index (κ2) is 9.15. The topological polar surface area (TPSA) is 90.8 Å². The van der Waals surface area contributed by atoms with Crippen LogP contribution in [0.25, 0.3) is 22.4 Å². The lowest BCUT2D eigenvalue weighted by Gasteiger charge is -2.34. The first-order valence-electron chi connectivity index (χ1n) is 12.7. The average Bonchev–Trinajstić information content (AvgIpc) is 3.44. The number of rotatable bonds is 4. The van der Waals surface area contributed by atoms with Crippen LogP contribution in [0.15, 0.2) is 48.7 Å². The van der Waals surface area contributed by atoms with E-state index in [4.69, 9.17) is 0 Å². The number of amides is 3. The van der Waals surface area contributed by atoms with Crippen molar-refractivity contribution >= 4 is 23.4 Å². The Morgan fingerprint density at radius 1 is 0.892 bits per heavy atom. The molecule has 1 aromatic heterocycles. The molecule has 6 rings (SSSR count). The van der Waals surface area contributed by atoms with Gasteiger partial charge >= 0.3 is 0 Å². The van der Waals surface area contributed by atoms with Crippen LogP contribution in [-0.4, -0.2) is 76.6 Å². The zero-order chi connectivity index (χ0) is 25.7. The zero-order valence-electron chi connectivity index (χ0n) is 21.1. The number of imide groups is 1. The fourth-order valence-corrected chi connectivity index (χ4v) is 5.63. The first-order valence-corrected chi connectivity index (χ1v) is 12.7. The highest BCUT2D eigenvalue weighted by atomic mass is 16.2. The van der Waals surface area contributed by atoms with Crippen LogP contribution in [-0.2, 0) is 23.2 Å². The van der Waals surface area contributed by atoms with Gasteiger partial charge in [0.1, 0.15) is 6.04 Å². The number of hydrogen-bond acceptors (Lipinski definition) is 6. The minimum absolute atomic E-state index is 0.165. The van der Waals surface area contributed by atoms with E-state index in [1.165, 1.54) is 5.69 Å². The van der Waals surface area contributed by atoms with Gasteiger partial charge in [-0.25, -0.2) is 0 Å². The van der Waals surface area contributed by atoms with E-state index in [2.05, 4.69) is 51.5 Å². The Morgan fingerprint density at radius 3 is 2.35 bits per heavy atom. The Labute approximate surface area is 215 Å². The quantitative estimate of drug-likeness (QED) is 0.555. The monoisotopic (exact) mass is 498 g/mol. The summed E-state index contributed by atoms with van der Waals surface area (Å²) in [5.41, 5.74) is 6.77. The zero-order valence-corrected chi connectivity index (χ0v) is 21.1. The predicted molar refractivity (Wildman–Crippen MR) is 140 cm³/mol. The molecule has 0 saturated carbocycles. The van der Waals surface area contributed by atoms with E-state index in [-0.39, 0.29) is 18.2 Å². The van der Waals surface area contributed by atoms with Crippen LogP contribution in [0, 0.1) is 0 Å². The second-order valence-electron chi connectivity index (χ2n) is 10.1. The van der Waals surface area contributed by atoms with Crippen LogP contribution in [0.3, 0.4) is 0 Å². The van der Waals surface area contributed by atoms with Crippen LogP contribution < -0.4 is 10.2 Å². The fraction of sp³-hybridized carbons (Fsp3) is 0.357. The maximum Gasteiger partial charge on any atom is 0.255 e. The van der Waals surface area contributed by atoms with E-state index in [1.54, 1.807) is 4.90 Å². The molecule has 1 atom stereocenters. The van der Waals surface area contributed by atoms with Crippen molar-refractivity contribution in [2.24, 2.45) is 7.05 Å². The molecular weight excluding hydrogens is 468 g/mol. The van der Waals surface area contributed by atoms with Crippen LogP contribution in [0.4, 0.5) is 5.69 Å². The molecule has 3 amide bonds. The van der Waals surface area contributed by atoms with E-state index in [1.807, 2.05) is 36.1 Å². The molecule has 4 heterocycles. The fourth-order valence-electron chi connectivity index (χ4n) is 5.63. The van der Waals surface area contributed by atoms with Crippen LogP contribution in [0.2, 0.25) is 0 Å². The van der Waals surface area contributed by atoms with Gasteiger partial charge in [-0.05, 0) is 48.9 Å². The second-order valence-corrected chi connectivity index (χ2v) is 10.1. The summed E-state index contributed by atoms with van der Waals surface area (Å²) in [5, 5.41) is 6.90. The molecule has 1 unspecified atom stereocenters. The van der Waals surface area contributed by atoms with E-state index >= 15 is 0 Å². The van der Waals surface area contributed by atoms with E-state index in [0.717, 1.165) is 54.1 Å². The van der Waals surface area contributed by atoms with Crippen molar-refractivity contribution in [2.45, 2.75) is 25.4 Å². The number of nitrogens with zero attached hydrogens (tertiary/aromatic N) is 5. The lowest BCUT2D eigenvalue weighted by Crippen LogP contribution is -2.52. The molecule has 0 bridgehead atoms. The molecule has 2 saturated heterocycles. The maximum atomic E-state index is 13.1. The largest absolute Gasteiger partial charge is 0.369 e. The van der Waals surface area contributed by atoms with Gasteiger partial charge in [0.15, 0.2) is 0 Å². The molecule has 0 spiro atoms. The van der Waals surface area contributed by atoms with Crippen molar-refractivity contribution < 1.29 is 14.4 Å². The molecule has 0 radical (unpaired) electrons. The van der Waals surface area contributed by atoms with Gasteiger partial charge in [0.25, 0.3) is 5.91 Å². The molecule has 3 aliphatic rings. The van der Waals surface area contributed by atoms with Gasteiger partial charge in [-0.3, -0.25) is 24.4 Å². The van der Waals surface area contributed by atoms with Gasteiger partial charge < -0.3 is 14.7 Å². The van der Waals surface area contributed by atoms with Gasteiger partial charge in [0.2, 0.25) is 11.8 Å².